The molecular weight excluding hydrogens is 241 g/mol. The van der Waals surface area contributed by atoms with E-state index in [-0.39, 0.29) is 11.9 Å². The number of rotatable bonds is 3. The Balaban J connectivity index is 1.58. The lowest BCUT2D eigenvalue weighted by Gasteiger charge is -2.34. The van der Waals surface area contributed by atoms with Crippen molar-refractivity contribution < 1.29 is 4.39 Å². The Kier molecular flexibility index (Phi) is 3.17. The Bertz CT molecular complexity index is 490. The molecule has 2 saturated carbocycles. The van der Waals surface area contributed by atoms with Gasteiger partial charge in [-0.05, 0) is 43.2 Å². The minimum atomic E-state index is -0.0991. The van der Waals surface area contributed by atoms with E-state index in [2.05, 4.69) is 9.89 Å². The molecule has 0 heterocycles. The van der Waals surface area contributed by atoms with Crippen LogP contribution in [0, 0.1) is 5.82 Å². The molecule has 1 aromatic rings. The van der Waals surface area contributed by atoms with E-state index in [1.165, 1.54) is 18.9 Å². The minimum Gasteiger partial charge on any atom is -0.370 e. The Morgan fingerprint density at radius 2 is 2.00 bits per heavy atom. The molecule has 0 atom stereocenters. The molecule has 2 N–H and O–H groups in total. The molecule has 19 heavy (non-hydrogen) atoms. The van der Waals surface area contributed by atoms with Gasteiger partial charge in [0.05, 0.1) is 6.04 Å². The van der Waals surface area contributed by atoms with E-state index in [0.29, 0.717) is 17.9 Å². The molecule has 102 valence electrons. The zero-order valence-corrected chi connectivity index (χ0v) is 11.2. The minimum absolute atomic E-state index is 0.0991. The summed E-state index contributed by atoms with van der Waals surface area (Å²) in [6, 6.07) is 7.87. The zero-order chi connectivity index (χ0) is 13.4. The molecule has 0 unspecified atom stereocenters. The Morgan fingerprint density at radius 3 is 2.63 bits per heavy atom. The third-order valence-electron chi connectivity index (χ3n) is 4.23. The summed E-state index contributed by atoms with van der Waals surface area (Å²) >= 11 is 0. The fourth-order valence-electron chi connectivity index (χ4n) is 2.68. The summed E-state index contributed by atoms with van der Waals surface area (Å²) < 4.78 is 13.6. The van der Waals surface area contributed by atoms with Crippen LogP contribution in [0.2, 0.25) is 0 Å². The van der Waals surface area contributed by atoms with Crippen LogP contribution in [0.5, 0.6) is 0 Å². The molecule has 0 aromatic heterocycles. The van der Waals surface area contributed by atoms with E-state index in [9.17, 15) is 4.39 Å². The molecule has 3 nitrogen and oxygen atoms in total. The van der Waals surface area contributed by atoms with E-state index >= 15 is 0 Å². The number of halogens is 1. The van der Waals surface area contributed by atoms with Gasteiger partial charge in [0.15, 0.2) is 5.96 Å². The van der Waals surface area contributed by atoms with Crippen molar-refractivity contribution in [2.45, 2.75) is 43.7 Å². The van der Waals surface area contributed by atoms with Crippen LogP contribution < -0.4 is 5.73 Å². The first-order chi connectivity index (χ1) is 9.15. The number of nitrogens with zero attached hydrogens (tertiary/aromatic N) is 2. The molecule has 2 aliphatic rings. The lowest BCUT2D eigenvalue weighted by molar-refractivity contribution is 0.339. The van der Waals surface area contributed by atoms with Crippen LogP contribution in [-0.2, 0) is 0 Å². The molecule has 2 aliphatic carbocycles. The van der Waals surface area contributed by atoms with E-state index < -0.39 is 0 Å². The van der Waals surface area contributed by atoms with Crippen LogP contribution in [0.4, 0.5) is 4.39 Å². The Morgan fingerprint density at radius 1 is 1.32 bits per heavy atom. The highest BCUT2D eigenvalue weighted by atomic mass is 19.1. The molecule has 0 aliphatic heterocycles. The van der Waals surface area contributed by atoms with Gasteiger partial charge in [-0.1, -0.05) is 18.2 Å². The molecule has 3 rings (SSSR count). The predicted molar refractivity (Wildman–Crippen MR) is 74.6 cm³/mol. The highest BCUT2D eigenvalue weighted by Crippen LogP contribution is 2.40. The summed E-state index contributed by atoms with van der Waals surface area (Å²) in [6.07, 6.45) is 4.24. The number of guanidine groups is 1. The lowest BCUT2D eigenvalue weighted by Crippen LogP contribution is -2.38. The third-order valence-corrected chi connectivity index (χ3v) is 4.23. The molecule has 0 radical (unpaired) electrons. The van der Waals surface area contributed by atoms with Crippen LogP contribution in [-0.4, -0.2) is 30.0 Å². The van der Waals surface area contributed by atoms with Crippen molar-refractivity contribution in [1.82, 2.24) is 4.90 Å². The van der Waals surface area contributed by atoms with Gasteiger partial charge in [0.1, 0.15) is 5.82 Å². The molecule has 0 amide bonds. The first-order valence-electron chi connectivity index (χ1n) is 6.95. The van der Waals surface area contributed by atoms with Crippen molar-refractivity contribution in [3.63, 3.8) is 0 Å². The molecule has 1 aromatic carbocycles. The average molecular weight is 261 g/mol. The second-order valence-electron chi connectivity index (χ2n) is 5.67. The van der Waals surface area contributed by atoms with Gasteiger partial charge < -0.3 is 10.6 Å². The monoisotopic (exact) mass is 261 g/mol. The largest absolute Gasteiger partial charge is 0.370 e. The number of nitrogens with two attached hydrogens (primary N) is 1. The van der Waals surface area contributed by atoms with E-state index in [1.807, 2.05) is 19.2 Å². The molecule has 0 bridgehead atoms. The predicted octanol–water partition coefficient (Wildman–Crippen LogP) is 2.48. The molecule has 0 saturated heterocycles. The van der Waals surface area contributed by atoms with E-state index in [4.69, 9.17) is 5.73 Å². The van der Waals surface area contributed by atoms with Crippen LogP contribution in [0.3, 0.4) is 0 Å². The molecule has 0 spiro atoms. The van der Waals surface area contributed by atoms with Gasteiger partial charge in [-0.3, -0.25) is 0 Å². The highest BCUT2D eigenvalue weighted by molar-refractivity contribution is 5.78. The van der Waals surface area contributed by atoms with E-state index in [0.717, 1.165) is 18.4 Å². The lowest BCUT2D eigenvalue weighted by atomic mass is 9.76. The summed E-state index contributed by atoms with van der Waals surface area (Å²) in [7, 11) is 2.00. The quantitative estimate of drug-likeness (QED) is 0.671. The van der Waals surface area contributed by atoms with Gasteiger partial charge in [0.25, 0.3) is 0 Å². The van der Waals surface area contributed by atoms with Crippen LogP contribution >= 0.6 is 0 Å². The standard InChI is InChI=1S/C15H20FN3/c1-19(12-6-7-12)15(17)18-11-8-10(9-11)13-4-2-3-5-14(13)16/h2-5,10-12H,6-9H2,1H3,(H2,17,18). The SMILES string of the molecule is CN(C(N)=NC1CC(c2ccccc2F)C1)C1CC1. The molecular formula is C15H20FN3. The van der Waals surface area contributed by atoms with Crippen LogP contribution in [0.1, 0.15) is 37.2 Å². The Hall–Kier alpha value is -1.58. The topological polar surface area (TPSA) is 41.6 Å². The Labute approximate surface area is 113 Å². The van der Waals surface area contributed by atoms with Crippen LogP contribution in [0.25, 0.3) is 0 Å². The summed E-state index contributed by atoms with van der Waals surface area (Å²) in [6.45, 7) is 0. The fourth-order valence-corrected chi connectivity index (χ4v) is 2.68. The normalized spacial score (nSPS) is 26.9. The first kappa shape index (κ1) is 12.5. The number of aliphatic imine (C=N–C) groups is 1. The fraction of sp³-hybridized carbons (Fsp3) is 0.533. The summed E-state index contributed by atoms with van der Waals surface area (Å²) in [5, 5.41) is 0. The maximum Gasteiger partial charge on any atom is 0.191 e. The summed E-state index contributed by atoms with van der Waals surface area (Å²) in [4.78, 5) is 6.61. The van der Waals surface area contributed by atoms with Gasteiger partial charge >= 0.3 is 0 Å². The smallest absolute Gasteiger partial charge is 0.191 e. The maximum absolute atomic E-state index is 13.6. The third kappa shape index (κ3) is 2.57. The summed E-state index contributed by atoms with van der Waals surface area (Å²) in [5.41, 5.74) is 6.81. The van der Waals surface area contributed by atoms with Gasteiger partial charge in [-0.25, -0.2) is 9.38 Å². The van der Waals surface area contributed by atoms with Gasteiger partial charge in [-0.2, -0.15) is 0 Å². The molecule has 2 fully saturated rings. The van der Waals surface area contributed by atoms with E-state index in [1.54, 1.807) is 6.07 Å². The van der Waals surface area contributed by atoms with Crippen molar-refractivity contribution in [3.8, 4) is 0 Å². The van der Waals surface area contributed by atoms with Crippen molar-refractivity contribution in [2.75, 3.05) is 7.05 Å². The van der Waals surface area contributed by atoms with Crippen LogP contribution in [0.15, 0.2) is 29.3 Å². The first-order valence-corrected chi connectivity index (χ1v) is 6.95. The second-order valence-corrected chi connectivity index (χ2v) is 5.67. The van der Waals surface area contributed by atoms with Gasteiger partial charge in [0, 0.05) is 13.1 Å². The second kappa shape index (κ2) is 4.83. The average Bonchev–Trinajstić information content (AvgIpc) is 3.17. The number of hydrogen-bond donors (Lipinski definition) is 1. The van der Waals surface area contributed by atoms with Gasteiger partial charge in [-0.15, -0.1) is 0 Å². The maximum atomic E-state index is 13.6. The highest BCUT2D eigenvalue weighted by Gasteiger charge is 2.33. The summed E-state index contributed by atoms with van der Waals surface area (Å²) in [5.74, 6) is 0.839. The number of benzene rings is 1. The molecule has 4 heteroatoms. The van der Waals surface area contributed by atoms with Crippen molar-refractivity contribution in [3.05, 3.63) is 35.6 Å². The van der Waals surface area contributed by atoms with Gasteiger partial charge in [0.2, 0.25) is 0 Å². The van der Waals surface area contributed by atoms with Crippen molar-refractivity contribution >= 4 is 5.96 Å². The number of hydrogen-bond acceptors (Lipinski definition) is 1. The van der Waals surface area contributed by atoms with Crippen molar-refractivity contribution in [1.29, 1.82) is 0 Å². The van der Waals surface area contributed by atoms with Crippen molar-refractivity contribution in [2.24, 2.45) is 10.7 Å². The zero-order valence-electron chi connectivity index (χ0n) is 11.2.